The van der Waals surface area contributed by atoms with Gasteiger partial charge in [-0.2, -0.15) is 11.8 Å². The van der Waals surface area contributed by atoms with Crippen molar-refractivity contribution in [2.24, 2.45) is 5.73 Å². The van der Waals surface area contributed by atoms with Crippen LogP contribution in [0.1, 0.15) is 62.5 Å². The molecule has 0 spiro atoms. The third kappa shape index (κ3) is 2.73. The van der Waals surface area contributed by atoms with Crippen molar-refractivity contribution in [1.82, 2.24) is 4.57 Å². The zero-order valence-corrected chi connectivity index (χ0v) is 13.6. The lowest BCUT2D eigenvalue weighted by molar-refractivity contribution is 0.443. The number of nitrogens with two attached hydrogens (primary N) is 1. The van der Waals surface area contributed by atoms with Crippen molar-refractivity contribution in [2.75, 3.05) is 6.26 Å². The summed E-state index contributed by atoms with van der Waals surface area (Å²) < 4.78 is 2.93. The number of aryl methyl sites for hydroxylation is 1. The van der Waals surface area contributed by atoms with Gasteiger partial charge < -0.3 is 10.3 Å². The van der Waals surface area contributed by atoms with Crippen LogP contribution in [0.25, 0.3) is 0 Å². The molecule has 1 aliphatic rings. The Morgan fingerprint density at radius 1 is 1.42 bits per heavy atom. The van der Waals surface area contributed by atoms with E-state index in [0.29, 0.717) is 4.75 Å². The van der Waals surface area contributed by atoms with E-state index in [4.69, 9.17) is 5.73 Å². The molecule has 0 radical (unpaired) electrons. The first-order chi connectivity index (χ1) is 9.06. The molecule has 1 heterocycles. The Balaban J connectivity index is 2.35. The van der Waals surface area contributed by atoms with Crippen LogP contribution in [-0.4, -0.2) is 15.6 Å². The summed E-state index contributed by atoms with van der Waals surface area (Å²) >= 11 is 2.02. The zero-order valence-electron chi connectivity index (χ0n) is 12.8. The van der Waals surface area contributed by atoms with Gasteiger partial charge in [-0.05, 0) is 56.9 Å². The number of hydrogen-bond donors (Lipinski definition) is 1. The van der Waals surface area contributed by atoms with Crippen molar-refractivity contribution in [3.05, 3.63) is 23.0 Å². The zero-order chi connectivity index (χ0) is 14.0. The SMILES string of the molecule is CCC(CC)(Cn1c(C)cc2c1CCCC2N)SC. The molecule has 0 aromatic carbocycles. The summed E-state index contributed by atoms with van der Waals surface area (Å²) in [6.45, 7) is 8.00. The Labute approximate surface area is 122 Å². The lowest BCUT2D eigenvalue weighted by Gasteiger charge is -2.32. The van der Waals surface area contributed by atoms with Crippen LogP contribution in [0.4, 0.5) is 0 Å². The van der Waals surface area contributed by atoms with E-state index in [1.165, 1.54) is 42.6 Å². The highest BCUT2D eigenvalue weighted by molar-refractivity contribution is 8.00. The predicted octanol–water partition coefficient (Wildman–Crippen LogP) is 4.05. The maximum absolute atomic E-state index is 6.27. The van der Waals surface area contributed by atoms with Crippen LogP contribution in [0.15, 0.2) is 6.07 Å². The van der Waals surface area contributed by atoms with Gasteiger partial charge in [0.1, 0.15) is 0 Å². The lowest BCUT2D eigenvalue weighted by atomic mass is 9.93. The topological polar surface area (TPSA) is 30.9 Å². The Hall–Kier alpha value is -0.410. The summed E-state index contributed by atoms with van der Waals surface area (Å²) in [7, 11) is 0. The van der Waals surface area contributed by atoms with Crippen LogP contribution < -0.4 is 5.73 Å². The third-order valence-electron chi connectivity index (χ3n) is 4.95. The van der Waals surface area contributed by atoms with Gasteiger partial charge in [0.05, 0.1) is 0 Å². The Morgan fingerprint density at radius 3 is 2.68 bits per heavy atom. The minimum absolute atomic E-state index is 0.260. The highest BCUT2D eigenvalue weighted by Gasteiger charge is 2.29. The first-order valence-electron chi connectivity index (χ1n) is 7.56. The first-order valence-corrected chi connectivity index (χ1v) is 8.79. The van der Waals surface area contributed by atoms with Gasteiger partial charge in [-0.25, -0.2) is 0 Å². The van der Waals surface area contributed by atoms with Gasteiger partial charge in [-0.15, -0.1) is 0 Å². The summed E-state index contributed by atoms with van der Waals surface area (Å²) in [6, 6.07) is 2.59. The van der Waals surface area contributed by atoms with Crippen LogP contribution >= 0.6 is 11.8 Å². The number of nitrogens with zero attached hydrogens (tertiary/aromatic N) is 1. The van der Waals surface area contributed by atoms with Gasteiger partial charge in [-0.3, -0.25) is 0 Å². The molecule has 2 N–H and O–H groups in total. The van der Waals surface area contributed by atoms with Gasteiger partial charge in [0, 0.05) is 28.7 Å². The van der Waals surface area contributed by atoms with Gasteiger partial charge >= 0.3 is 0 Å². The summed E-state index contributed by atoms with van der Waals surface area (Å²) in [5.41, 5.74) is 10.6. The Bertz CT molecular complexity index is 424. The smallest absolute Gasteiger partial charge is 0.0372 e. The average Bonchev–Trinajstić information content (AvgIpc) is 2.74. The van der Waals surface area contributed by atoms with Crippen LogP contribution in [0, 0.1) is 6.92 Å². The second-order valence-corrected chi connectivity index (χ2v) is 7.14. The molecule has 0 aliphatic heterocycles. The van der Waals surface area contributed by atoms with E-state index in [9.17, 15) is 0 Å². The van der Waals surface area contributed by atoms with Gasteiger partial charge in [-0.1, -0.05) is 13.8 Å². The van der Waals surface area contributed by atoms with Crippen molar-refractivity contribution < 1.29 is 0 Å². The van der Waals surface area contributed by atoms with Crippen LogP contribution in [0.3, 0.4) is 0 Å². The van der Waals surface area contributed by atoms with Crippen LogP contribution in [0.5, 0.6) is 0 Å². The summed E-state index contributed by atoms with van der Waals surface area (Å²) in [5.74, 6) is 0. The van der Waals surface area contributed by atoms with E-state index < -0.39 is 0 Å². The van der Waals surface area contributed by atoms with Crippen LogP contribution in [-0.2, 0) is 13.0 Å². The van der Waals surface area contributed by atoms with Crippen molar-refractivity contribution in [3.63, 3.8) is 0 Å². The van der Waals surface area contributed by atoms with E-state index in [1.54, 1.807) is 0 Å². The van der Waals surface area contributed by atoms with Gasteiger partial charge in [0.2, 0.25) is 0 Å². The molecule has 0 saturated carbocycles. The number of rotatable bonds is 5. The number of aromatic nitrogens is 1. The molecule has 3 heteroatoms. The molecule has 0 bridgehead atoms. The maximum atomic E-state index is 6.27. The van der Waals surface area contributed by atoms with E-state index in [2.05, 4.69) is 37.7 Å². The summed E-state index contributed by atoms with van der Waals surface area (Å²) in [5, 5.41) is 0. The molecule has 19 heavy (non-hydrogen) atoms. The maximum Gasteiger partial charge on any atom is 0.0372 e. The molecule has 108 valence electrons. The molecule has 1 atom stereocenters. The number of fused-ring (bicyclic) bond motifs is 1. The van der Waals surface area contributed by atoms with E-state index >= 15 is 0 Å². The summed E-state index contributed by atoms with van der Waals surface area (Å²) in [6.07, 6.45) is 8.29. The predicted molar refractivity (Wildman–Crippen MR) is 85.9 cm³/mol. The minimum atomic E-state index is 0.260. The Morgan fingerprint density at radius 2 is 2.11 bits per heavy atom. The van der Waals surface area contributed by atoms with E-state index in [0.717, 1.165) is 13.0 Å². The molecule has 2 nitrogen and oxygen atoms in total. The molecule has 1 aliphatic carbocycles. The van der Waals surface area contributed by atoms with E-state index in [-0.39, 0.29) is 6.04 Å². The lowest BCUT2D eigenvalue weighted by Crippen LogP contribution is -2.31. The standard InChI is InChI=1S/C16H28N2S/c1-5-16(6-2,19-4)11-18-12(3)10-13-14(17)8-7-9-15(13)18/h10,14H,5-9,11,17H2,1-4H3. The van der Waals surface area contributed by atoms with Gasteiger partial charge in [0.15, 0.2) is 0 Å². The Kier molecular flexibility index (Phi) is 4.67. The molecular weight excluding hydrogens is 252 g/mol. The number of thioether (sulfide) groups is 1. The number of hydrogen-bond acceptors (Lipinski definition) is 2. The van der Waals surface area contributed by atoms with Crippen molar-refractivity contribution in [3.8, 4) is 0 Å². The molecule has 2 rings (SSSR count). The van der Waals surface area contributed by atoms with Crippen molar-refractivity contribution >= 4 is 11.8 Å². The fraction of sp³-hybridized carbons (Fsp3) is 0.750. The molecule has 1 aromatic rings. The molecule has 0 amide bonds. The minimum Gasteiger partial charge on any atom is -0.347 e. The quantitative estimate of drug-likeness (QED) is 0.882. The molecule has 0 fully saturated rings. The third-order valence-corrected chi connectivity index (χ3v) is 6.52. The second-order valence-electron chi connectivity index (χ2n) is 5.87. The largest absolute Gasteiger partial charge is 0.347 e. The van der Waals surface area contributed by atoms with Crippen molar-refractivity contribution in [1.29, 1.82) is 0 Å². The first kappa shape index (κ1) is 15.0. The van der Waals surface area contributed by atoms with Gasteiger partial charge in [0.25, 0.3) is 0 Å². The van der Waals surface area contributed by atoms with Crippen molar-refractivity contribution in [2.45, 2.75) is 70.2 Å². The van der Waals surface area contributed by atoms with E-state index in [1.807, 2.05) is 11.8 Å². The second kappa shape index (κ2) is 5.92. The van der Waals surface area contributed by atoms with Crippen LogP contribution in [0.2, 0.25) is 0 Å². The fourth-order valence-electron chi connectivity index (χ4n) is 3.34. The molecule has 1 aromatic heterocycles. The molecular formula is C16H28N2S. The highest BCUT2D eigenvalue weighted by atomic mass is 32.2. The normalized spacial score (nSPS) is 19.5. The molecule has 0 saturated heterocycles. The highest BCUT2D eigenvalue weighted by Crippen LogP contribution is 2.36. The molecule has 1 unspecified atom stereocenters. The average molecular weight is 280 g/mol. The monoisotopic (exact) mass is 280 g/mol. The summed E-state index contributed by atoms with van der Waals surface area (Å²) in [4.78, 5) is 0. The fourth-order valence-corrected chi connectivity index (χ4v) is 4.17.